The van der Waals surface area contributed by atoms with Crippen molar-refractivity contribution in [3.8, 4) is 5.88 Å². The summed E-state index contributed by atoms with van der Waals surface area (Å²) >= 11 is 0. The molecule has 1 atom stereocenters. The van der Waals surface area contributed by atoms with Gasteiger partial charge >= 0.3 is 0 Å². The van der Waals surface area contributed by atoms with Gasteiger partial charge in [0, 0.05) is 17.8 Å². The van der Waals surface area contributed by atoms with Crippen LogP contribution >= 0.6 is 0 Å². The van der Waals surface area contributed by atoms with Gasteiger partial charge in [0.1, 0.15) is 0 Å². The highest BCUT2D eigenvalue weighted by atomic mass is 16.5. The van der Waals surface area contributed by atoms with Crippen LogP contribution in [0.5, 0.6) is 5.88 Å². The maximum absolute atomic E-state index is 6.23. The molecule has 2 N–H and O–H groups in total. The third-order valence-corrected chi connectivity index (χ3v) is 2.93. The molecule has 0 bridgehead atoms. The molecule has 0 fully saturated rings. The molecule has 1 heterocycles. The number of pyridine rings is 1. The lowest BCUT2D eigenvalue weighted by Gasteiger charge is -2.14. The van der Waals surface area contributed by atoms with E-state index in [-0.39, 0.29) is 6.04 Å². The van der Waals surface area contributed by atoms with E-state index in [1.54, 1.807) is 13.3 Å². The van der Waals surface area contributed by atoms with Crippen molar-refractivity contribution < 1.29 is 4.74 Å². The molecule has 2 rings (SSSR count). The highest BCUT2D eigenvalue weighted by Gasteiger charge is 2.13. The summed E-state index contributed by atoms with van der Waals surface area (Å²) in [6.07, 6.45) is 2.49. The first-order valence-corrected chi connectivity index (χ1v) is 6.00. The maximum atomic E-state index is 6.23. The average Bonchev–Trinajstić information content (AvgIpc) is 2.38. The molecule has 0 saturated carbocycles. The second kappa shape index (κ2) is 5.65. The van der Waals surface area contributed by atoms with Gasteiger partial charge in [0.2, 0.25) is 5.88 Å². The van der Waals surface area contributed by atoms with Crippen molar-refractivity contribution in [1.29, 1.82) is 0 Å². The Morgan fingerprint density at radius 2 is 2.11 bits per heavy atom. The number of benzene rings is 1. The van der Waals surface area contributed by atoms with E-state index in [9.17, 15) is 0 Å². The molecule has 3 nitrogen and oxygen atoms in total. The average molecular weight is 242 g/mol. The van der Waals surface area contributed by atoms with Crippen molar-refractivity contribution in [3.63, 3.8) is 0 Å². The number of ether oxygens (including phenoxy) is 1. The van der Waals surface area contributed by atoms with Crippen LogP contribution in [-0.4, -0.2) is 12.1 Å². The number of nitrogens with zero attached hydrogens (tertiary/aromatic N) is 1. The normalized spacial score (nSPS) is 12.2. The van der Waals surface area contributed by atoms with Gasteiger partial charge in [-0.3, -0.25) is 0 Å². The number of aromatic nitrogens is 1. The van der Waals surface area contributed by atoms with Gasteiger partial charge in [-0.25, -0.2) is 4.98 Å². The quantitative estimate of drug-likeness (QED) is 0.896. The minimum absolute atomic E-state index is 0.101. The van der Waals surface area contributed by atoms with Crippen molar-refractivity contribution >= 4 is 0 Å². The molecule has 94 valence electrons. The molecular weight excluding hydrogens is 224 g/mol. The molecule has 3 heteroatoms. The van der Waals surface area contributed by atoms with Gasteiger partial charge in [-0.1, -0.05) is 35.9 Å². The third kappa shape index (κ3) is 2.87. The summed E-state index contributed by atoms with van der Waals surface area (Å²) in [6.45, 7) is 2.08. The Balaban J connectivity index is 2.19. The summed E-state index contributed by atoms with van der Waals surface area (Å²) in [5.74, 6) is 0.609. The molecule has 1 unspecified atom stereocenters. The minimum atomic E-state index is -0.101. The summed E-state index contributed by atoms with van der Waals surface area (Å²) in [4.78, 5) is 4.18. The lowest BCUT2D eigenvalue weighted by molar-refractivity contribution is 0.388. The van der Waals surface area contributed by atoms with Crippen molar-refractivity contribution in [2.45, 2.75) is 19.4 Å². The first-order valence-electron chi connectivity index (χ1n) is 6.00. The molecule has 0 saturated heterocycles. The molecule has 0 aliphatic heterocycles. The van der Waals surface area contributed by atoms with Crippen molar-refractivity contribution in [2.75, 3.05) is 7.11 Å². The summed E-state index contributed by atoms with van der Waals surface area (Å²) in [7, 11) is 1.62. The fraction of sp³-hybridized carbons (Fsp3) is 0.267. The Morgan fingerprint density at radius 3 is 2.83 bits per heavy atom. The van der Waals surface area contributed by atoms with Gasteiger partial charge in [-0.15, -0.1) is 0 Å². The Morgan fingerprint density at radius 1 is 1.28 bits per heavy atom. The zero-order valence-corrected chi connectivity index (χ0v) is 10.8. The number of rotatable bonds is 4. The molecule has 0 radical (unpaired) electrons. The van der Waals surface area contributed by atoms with E-state index in [4.69, 9.17) is 10.5 Å². The van der Waals surface area contributed by atoms with Crippen LogP contribution in [0.4, 0.5) is 0 Å². The molecule has 0 aliphatic rings. The van der Waals surface area contributed by atoms with E-state index in [1.807, 2.05) is 12.1 Å². The molecule has 18 heavy (non-hydrogen) atoms. The summed E-state index contributed by atoms with van der Waals surface area (Å²) in [5, 5.41) is 0. The summed E-state index contributed by atoms with van der Waals surface area (Å²) in [5.41, 5.74) is 9.66. The monoisotopic (exact) mass is 242 g/mol. The smallest absolute Gasteiger partial charge is 0.217 e. The second-order valence-corrected chi connectivity index (χ2v) is 4.40. The van der Waals surface area contributed by atoms with E-state index in [0.29, 0.717) is 5.88 Å². The van der Waals surface area contributed by atoms with Crippen LogP contribution < -0.4 is 10.5 Å². The molecule has 0 spiro atoms. The van der Waals surface area contributed by atoms with Crippen LogP contribution in [0.1, 0.15) is 22.7 Å². The standard InChI is InChI=1S/C15H18N2O/c1-11-5-3-6-12(9-11)10-14(16)13-7-4-8-17-15(13)18-2/h3-9,14H,10,16H2,1-2H3. The van der Waals surface area contributed by atoms with Crippen LogP contribution in [0.2, 0.25) is 0 Å². The van der Waals surface area contributed by atoms with Gasteiger partial charge in [-0.05, 0) is 25.0 Å². The van der Waals surface area contributed by atoms with Gasteiger partial charge in [0.25, 0.3) is 0 Å². The SMILES string of the molecule is COc1ncccc1C(N)Cc1cccc(C)c1. The predicted molar refractivity (Wildman–Crippen MR) is 72.6 cm³/mol. The molecular formula is C15H18N2O. The summed E-state index contributed by atoms with van der Waals surface area (Å²) < 4.78 is 5.24. The Bertz CT molecular complexity index is 525. The van der Waals surface area contributed by atoms with Gasteiger partial charge in [-0.2, -0.15) is 0 Å². The minimum Gasteiger partial charge on any atom is -0.481 e. The van der Waals surface area contributed by atoms with Crippen molar-refractivity contribution in [1.82, 2.24) is 4.98 Å². The van der Waals surface area contributed by atoms with Gasteiger partial charge in [0.15, 0.2) is 0 Å². The van der Waals surface area contributed by atoms with Crippen LogP contribution in [0.3, 0.4) is 0 Å². The van der Waals surface area contributed by atoms with Crippen LogP contribution in [0.15, 0.2) is 42.6 Å². The maximum Gasteiger partial charge on any atom is 0.217 e. The largest absolute Gasteiger partial charge is 0.481 e. The highest BCUT2D eigenvalue weighted by Crippen LogP contribution is 2.23. The topological polar surface area (TPSA) is 48.1 Å². The lowest BCUT2D eigenvalue weighted by atomic mass is 9.99. The van der Waals surface area contributed by atoms with E-state index < -0.39 is 0 Å². The third-order valence-electron chi connectivity index (χ3n) is 2.93. The van der Waals surface area contributed by atoms with Crippen LogP contribution in [0, 0.1) is 6.92 Å². The first-order chi connectivity index (χ1) is 8.70. The van der Waals surface area contributed by atoms with E-state index in [1.165, 1.54) is 11.1 Å². The number of hydrogen-bond acceptors (Lipinski definition) is 3. The van der Waals surface area contributed by atoms with Gasteiger partial charge in [0.05, 0.1) is 7.11 Å². The lowest BCUT2D eigenvalue weighted by Crippen LogP contribution is -2.15. The number of methoxy groups -OCH3 is 1. The fourth-order valence-corrected chi connectivity index (χ4v) is 2.06. The predicted octanol–water partition coefficient (Wildman–Crippen LogP) is 2.64. The Labute approximate surface area is 108 Å². The Hall–Kier alpha value is -1.87. The summed E-state index contributed by atoms with van der Waals surface area (Å²) in [6, 6.07) is 12.1. The Kier molecular flexibility index (Phi) is 3.95. The molecule has 0 aliphatic carbocycles. The van der Waals surface area contributed by atoms with Gasteiger partial charge < -0.3 is 10.5 Å². The zero-order chi connectivity index (χ0) is 13.0. The number of aryl methyl sites for hydroxylation is 1. The second-order valence-electron chi connectivity index (χ2n) is 4.40. The highest BCUT2D eigenvalue weighted by molar-refractivity contribution is 5.31. The number of nitrogens with two attached hydrogens (primary N) is 1. The zero-order valence-electron chi connectivity index (χ0n) is 10.8. The fourth-order valence-electron chi connectivity index (χ4n) is 2.06. The molecule has 2 aromatic rings. The molecule has 0 amide bonds. The van der Waals surface area contributed by atoms with Crippen molar-refractivity contribution in [3.05, 3.63) is 59.3 Å². The molecule has 1 aromatic carbocycles. The molecule has 1 aromatic heterocycles. The van der Waals surface area contributed by atoms with Crippen LogP contribution in [-0.2, 0) is 6.42 Å². The first kappa shape index (κ1) is 12.6. The van der Waals surface area contributed by atoms with Crippen LogP contribution in [0.25, 0.3) is 0 Å². The van der Waals surface area contributed by atoms with E-state index in [0.717, 1.165) is 12.0 Å². The number of hydrogen-bond donors (Lipinski definition) is 1. The van der Waals surface area contributed by atoms with E-state index >= 15 is 0 Å². The van der Waals surface area contributed by atoms with E-state index in [2.05, 4.69) is 36.2 Å². The van der Waals surface area contributed by atoms with Crippen molar-refractivity contribution in [2.24, 2.45) is 5.73 Å².